The Hall–Kier alpha value is -2.02. The van der Waals surface area contributed by atoms with Crippen LogP contribution in [0.1, 0.15) is 19.8 Å². The van der Waals surface area contributed by atoms with Crippen molar-refractivity contribution >= 4 is 17.3 Å². The number of hydrogen-bond donors (Lipinski definition) is 2. The summed E-state index contributed by atoms with van der Waals surface area (Å²) < 4.78 is 13.0. The molecule has 0 saturated heterocycles. The van der Waals surface area contributed by atoms with Crippen LogP contribution in [0.3, 0.4) is 0 Å². The highest BCUT2D eigenvalue weighted by atomic mass is 19.1. The molecule has 18 heavy (non-hydrogen) atoms. The molecule has 6 nitrogen and oxygen atoms in total. The lowest BCUT2D eigenvalue weighted by atomic mass is 10.1. The van der Waals surface area contributed by atoms with E-state index < -0.39 is 16.6 Å². The number of nitrogens with two attached hydrogens (primary N) is 1. The topological polar surface area (TPSA) is 98.3 Å². The molecule has 0 fully saturated rings. The molecule has 0 aliphatic rings. The van der Waals surface area contributed by atoms with E-state index in [0.717, 1.165) is 18.2 Å². The Morgan fingerprint density at radius 3 is 2.83 bits per heavy atom. The molecule has 7 heteroatoms. The van der Waals surface area contributed by atoms with Gasteiger partial charge in [-0.2, -0.15) is 0 Å². The van der Waals surface area contributed by atoms with Gasteiger partial charge in [-0.05, 0) is 12.5 Å². The molecule has 3 N–H and O–H groups in total. The van der Waals surface area contributed by atoms with Gasteiger partial charge in [-0.3, -0.25) is 14.9 Å². The van der Waals surface area contributed by atoms with Crippen molar-refractivity contribution in [1.82, 2.24) is 0 Å². The van der Waals surface area contributed by atoms with Crippen molar-refractivity contribution in [2.24, 2.45) is 5.73 Å². The fourth-order valence-electron chi connectivity index (χ4n) is 1.35. The quantitative estimate of drug-likeness (QED) is 0.619. The monoisotopic (exact) mass is 255 g/mol. The number of halogens is 1. The lowest BCUT2D eigenvalue weighted by Crippen LogP contribution is -2.26. The average Bonchev–Trinajstić information content (AvgIpc) is 2.28. The Morgan fingerprint density at radius 2 is 2.28 bits per heavy atom. The van der Waals surface area contributed by atoms with Crippen LogP contribution < -0.4 is 11.1 Å². The van der Waals surface area contributed by atoms with Gasteiger partial charge >= 0.3 is 0 Å². The van der Waals surface area contributed by atoms with Crippen molar-refractivity contribution in [2.75, 3.05) is 5.32 Å². The maximum atomic E-state index is 13.0. The smallest absolute Gasteiger partial charge is 0.292 e. The molecule has 0 radical (unpaired) electrons. The molecule has 0 saturated carbocycles. The lowest BCUT2D eigenvalue weighted by Gasteiger charge is -2.09. The van der Waals surface area contributed by atoms with Gasteiger partial charge in [0.2, 0.25) is 5.91 Å². The number of anilines is 1. The van der Waals surface area contributed by atoms with Gasteiger partial charge < -0.3 is 11.1 Å². The number of carbonyl (C=O) groups excluding carboxylic acids is 1. The van der Waals surface area contributed by atoms with Gasteiger partial charge in [-0.1, -0.05) is 6.92 Å². The predicted molar refractivity (Wildman–Crippen MR) is 64.6 cm³/mol. The maximum absolute atomic E-state index is 13.0. The summed E-state index contributed by atoms with van der Waals surface area (Å²) >= 11 is 0. The van der Waals surface area contributed by atoms with Crippen molar-refractivity contribution < 1.29 is 14.1 Å². The molecule has 1 unspecified atom stereocenters. The molecule has 0 aliphatic carbocycles. The normalized spacial score (nSPS) is 11.9. The third-order valence-corrected chi connectivity index (χ3v) is 2.40. The Morgan fingerprint density at radius 1 is 1.61 bits per heavy atom. The van der Waals surface area contributed by atoms with Crippen LogP contribution >= 0.6 is 0 Å². The number of nitrogens with zero attached hydrogens (tertiary/aromatic N) is 1. The van der Waals surface area contributed by atoms with E-state index in [2.05, 4.69) is 5.32 Å². The number of nitrogens with one attached hydrogen (secondary N) is 1. The van der Waals surface area contributed by atoms with Crippen molar-refractivity contribution in [3.63, 3.8) is 0 Å². The molecule has 98 valence electrons. The number of benzene rings is 1. The molecule has 0 aromatic heterocycles. The van der Waals surface area contributed by atoms with Crippen LogP contribution in [0.5, 0.6) is 0 Å². The first kappa shape index (κ1) is 14.0. The van der Waals surface area contributed by atoms with Gasteiger partial charge in [0.15, 0.2) is 0 Å². The molecule has 0 spiro atoms. The van der Waals surface area contributed by atoms with Gasteiger partial charge in [-0.25, -0.2) is 4.39 Å². The molecular formula is C11H14FN3O3. The van der Waals surface area contributed by atoms with E-state index in [-0.39, 0.29) is 23.8 Å². The second-order valence-electron chi connectivity index (χ2n) is 3.84. The summed E-state index contributed by atoms with van der Waals surface area (Å²) in [6, 6.07) is 2.56. The summed E-state index contributed by atoms with van der Waals surface area (Å²) in [5, 5.41) is 13.0. The maximum Gasteiger partial charge on any atom is 0.292 e. The molecule has 0 heterocycles. The number of nitro benzene ring substituents is 1. The van der Waals surface area contributed by atoms with E-state index >= 15 is 0 Å². The van der Waals surface area contributed by atoms with E-state index in [0.29, 0.717) is 6.42 Å². The van der Waals surface area contributed by atoms with E-state index in [9.17, 15) is 19.3 Å². The highest BCUT2D eigenvalue weighted by molar-refractivity contribution is 5.93. The highest BCUT2D eigenvalue weighted by Crippen LogP contribution is 2.25. The Bertz CT molecular complexity index is 465. The number of nitro groups is 1. The van der Waals surface area contributed by atoms with Crippen LogP contribution in [0.4, 0.5) is 15.8 Å². The summed E-state index contributed by atoms with van der Waals surface area (Å²) in [6.07, 6.45) is 0.642. The Kier molecular flexibility index (Phi) is 4.73. The molecule has 1 aromatic rings. The number of rotatable bonds is 5. The second-order valence-corrected chi connectivity index (χ2v) is 3.84. The second kappa shape index (κ2) is 6.06. The lowest BCUT2D eigenvalue weighted by molar-refractivity contribution is -0.384. The van der Waals surface area contributed by atoms with Gasteiger partial charge in [0.1, 0.15) is 11.5 Å². The van der Waals surface area contributed by atoms with Gasteiger partial charge in [0.05, 0.1) is 4.92 Å². The third-order valence-electron chi connectivity index (χ3n) is 2.40. The van der Waals surface area contributed by atoms with E-state index in [4.69, 9.17) is 5.73 Å². The molecular weight excluding hydrogens is 241 g/mol. The fraction of sp³-hybridized carbons (Fsp3) is 0.364. The van der Waals surface area contributed by atoms with Gasteiger partial charge in [0, 0.05) is 24.6 Å². The molecule has 1 rings (SSSR count). The third kappa shape index (κ3) is 3.77. The first-order chi connectivity index (χ1) is 8.43. The minimum absolute atomic E-state index is 0.0319. The summed E-state index contributed by atoms with van der Waals surface area (Å²) in [6.45, 7) is 1.82. The minimum atomic E-state index is -0.686. The van der Waals surface area contributed by atoms with Crippen LogP contribution in [-0.2, 0) is 4.79 Å². The Labute approximate surface area is 103 Å². The zero-order valence-electron chi connectivity index (χ0n) is 9.85. The number of carbonyl (C=O) groups is 1. The van der Waals surface area contributed by atoms with Crippen LogP contribution in [0, 0.1) is 15.9 Å². The number of amides is 1. The van der Waals surface area contributed by atoms with Gasteiger partial charge in [0.25, 0.3) is 5.69 Å². The molecule has 1 atom stereocenters. The fourth-order valence-corrected chi connectivity index (χ4v) is 1.35. The number of hydrogen-bond acceptors (Lipinski definition) is 4. The zero-order chi connectivity index (χ0) is 13.7. The van der Waals surface area contributed by atoms with Crippen LogP contribution in [0.15, 0.2) is 18.2 Å². The Balaban J connectivity index is 2.86. The standard InChI is InChI=1S/C11H14FN3O3/c1-2-8(13)6-11(16)14-9-5-7(12)3-4-10(9)15(17)18/h3-5,8H,2,6,13H2,1H3,(H,14,16). The first-order valence-electron chi connectivity index (χ1n) is 5.43. The van der Waals surface area contributed by atoms with E-state index in [1.54, 1.807) is 0 Å². The predicted octanol–water partition coefficient (Wildman–Crippen LogP) is 1.80. The SMILES string of the molecule is CCC(N)CC(=O)Nc1cc(F)ccc1[N+](=O)[O-]. The van der Waals surface area contributed by atoms with Crippen molar-refractivity contribution in [3.8, 4) is 0 Å². The summed E-state index contributed by atoms with van der Waals surface area (Å²) in [7, 11) is 0. The van der Waals surface area contributed by atoms with Crippen molar-refractivity contribution in [1.29, 1.82) is 0 Å². The van der Waals surface area contributed by atoms with Crippen LogP contribution in [0.25, 0.3) is 0 Å². The largest absolute Gasteiger partial charge is 0.327 e. The summed E-state index contributed by atoms with van der Waals surface area (Å²) in [5.41, 5.74) is 5.08. The zero-order valence-corrected chi connectivity index (χ0v) is 9.85. The minimum Gasteiger partial charge on any atom is -0.327 e. The summed E-state index contributed by atoms with van der Waals surface area (Å²) in [5.74, 6) is -1.13. The van der Waals surface area contributed by atoms with E-state index in [1.807, 2.05) is 6.92 Å². The van der Waals surface area contributed by atoms with Crippen molar-refractivity contribution in [2.45, 2.75) is 25.8 Å². The molecule has 1 aromatic carbocycles. The first-order valence-corrected chi connectivity index (χ1v) is 5.43. The molecule has 0 aliphatic heterocycles. The van der Waals surface area contributed by atoms with Crippen LogP contribution in [0.2, 0.25) is 0 Å². The highest BCUT2D eigenvalue weighted by Gasteiger charge is 2.17. The van der Waals surface area contributed by atoms with Crippen LogP contribution in [-0.4, -0.2) is 16.9 Å². The van der Waals surface area contributed by atoms with Gasteiger partial charge in [-0.15, -0.1) is 0 Å². The molecule has 0 bridgehead atoms. The van der Waals surface area contributed by atoms with Crippen molar-refractivity contribution in [3.05, 3.63) is 34.1 Å². The average molecular weight is 255 g/mol. The molecule has 1 amide bonds. The summed E-state index contributed by atoms with van der Waals surface area (Å²) in [4.78, 5) is 21.5. The van der Waals surface area contributed by atoms with E-state index in [1.165, 1.54) is 0 Å².